The van der Waals surface area contributed by atoms with Crippen molar-refractivity contribution in [2.24, 2.45) is 5.73 Å². The van der Waals surface area contributed by atoms with Gasteiger partial charge < -0.3 is 5.73 Å². The molecular formula is C7H8BrF2NS. The maximum Gasteiger partial charge on any atom is 0.253 e. The standard InChI is InChI=1S/C7H8BrF2NS/c8-6-2-4(3-12-6)1-5(11)7(9)10/h2-3,5,7H,1,11H2. The van der Waals surface area contributed by atoms with Gasteiger partial charge in [0.05, 0.1) is 9.83 Å². The normalized spacial score (nSPS) is 13.8. The van der Waals surface area contributed by atoms with Crippen molar-refractivity contribution in [3.05, 3.63) is 20.8 Å². The summed E-state index contributed by atoms with van der Waals surface area (Å²) >= 11 is 4.72. The van der Waals surface area contributed by atoms with Gasteiger partial charge in [0.2, 0.25) is 0 Å². The first-order valence-electron chi connectivity index (χ1n) is 3.36. The van der Waals surface area contributed by atoms with E-state index in [0.29, 0.717) is 0 Å². The molecule has 1 aromatic heterocycles. The van der Waals surface area contributed by atoms with Gasteiger partial charge in [-0.05, 0) is 39.4 Å². The van der Waals surface area contributed by atoms with E-state index < -0.39 is 12.5 Å². The molecule has 1 atom stereocenters. The molecule has 0 saturated heterocycles. The van der Waals surface area contributed by atoms with Crippen LogP contribution in [0.15, 0.2) is 15.2 Å². The second-order valence-corrected chi connectivity index (χ2v) is 4.75. The Morgan fingerprint density at radius 2 is 2.25 bits per heavy atom. The second-order valence-electron chi connectivity index (χ2n) is 2.46. The van der Waals surface area contributed by atoms with Crippen LogP contribution >= 0.6 is 27.3 Å². The lowest BCUT2D eigenvalue weighted by Crippen LogP contribution is -2.30. The molecule has 0 aromatic carbocycles. The Bertz CT molecular complexity index is 251. The number of halogens is 3. The highest BCUT2D eigenvalue weighted by molar-refractivity contribution is 9.11. The molecular weight excluding hydrogens is 248 g/mol. The number of alkyl halides is 2. The summed E-state index contributed by atoms with van der Waals surface area (Å²) in [5.74, 6) is 0. The highest BCUT2D eigenvalue weighted by Crippen LogP contribution is 2.22. The molecule has 1 unspecified atom stereocenters. The van der Waals surface area contributed by atoms with Crippen molar-refractivity contribution < 1.29 is 8.78 Å². The van der Waals surface area contributed by atoms with Crippen LogP contribution in [-0.2, 0) is 6.42 Å². The quantitative estimate of drug-likeness (QED) is 0.883. The molecule has 0 spiro atoms. The van der Waals surface area contributed by atoms with Gasteiger partial charge >= 0.3 is 0 Å². The molecule has 5 heteroatoms. The van der Waals surface area contributed by atoms with Gasteiger partial charge in [-0.15, -0.1) is 11.3 Å². The molecule has 0 bridgehead atoms. The molecule has 0 aliphatic heterocycles. The predicted molar refractivity (Wildman–Crippen MR) is 49.7 cm³/mol. The van der Waals surface area contributed by atoms with Crippen LogP contribution in [0.25, 0.3) is 0 Å². The van der Waals surface area contributed by atoms with E-state index in [9.17, 15) is 8.78 Å². The lowest BCUT2D eigenvalue weighted by atomic mass is 10.1. The smallest absolute Gasteiger partial charge is 0.253 e. The molecule has 2 N–H and O–H groups in total. The maximum absolute atomic E-state index is 12.0. The average Bonchev–Trinajstić information content (AvgIpc) is 2.35. The maximum atomic E-state index is 12.0. The summed E-state index contributed by atoms with van der Waals surface area (Å²) in [4.78, 5) is 0. The van der Waals surface area contributed by atoms with Crippen LogP contribution in [0.3, 0.4) is 0 Å². The minimum absolute atomic E-state index is 0.236. The summed E-state index contributed by atoms with van der Waals surface area (Å²) in [7, 11) is 0. The number of hydrogen-bond donors (Lipinski definition) is 1. The number of hydrogen-bond acceptors (Lipinski definition) is 2. The fourth-order valence-electron chi connectivity index (χ4n) is 0.814. The van der Waals surface area contributed by atoms with Crippen molar-refractivity contribution in [1.29, 1.82) is 0 Å². The second kappa shape index (κ2) is 4.30. The lowest BCUT2D eigenvalue weighted by Gasteiger charge is -2.07. The van der Waals surface area contributed by atoms with Crippen LogP contribution in [0.2, 0.25) is 0 Å². The van der Waals surface area contributed by atoms with Crippen molar-refractivity contribution in [2.45, 2.75) is 18.9 Å². The summed E-state index contributed by atoms with van der Waals surface area (Å²) in [6.45, 7) is 0. The van der Waals surface area contributed by atoms with Gasteiger partial charge in [0.15, 0.2) is 0 Å². The number of thiophene rings is 1. The Morgan fingerprint density at radius 3 is 2.67 bits per heavy atom. The third-order valence-electron chi connectivity index (χ3n) is 1.42. The van der Waals surface area contributed by atoms with Crippen molar-refractivity contribution in [2.75, 3.05) is 0 Å². The van der Waals surface area contributed by atoms with Crippen LogP contribution in [-0.4, -0.2) is 12.5 Å². The van der Waals surface area contributed by atoms with Gasteiger partial charge in [0, 0.05) is 0 Å². The Labute approximate surface area is 81.7 Å². The highest BCUT2D eigenvalue weighted by Gasteiger charge is 2.15. The summed E-state index contributed by atoms with van der Waals surface area (Å²) in [6.07, 6.45) is -2.21. The Kier molecular flexibility index (Phi) is 3.61. The summed E-state index contributed by atoms with van der Waals surface area (Å²) in [6, 6.07) is 0.763. The summed E-state index contributed by atoms with van der Waals surface area (Å²) < 4.78 is 24.9. The molecule has 1 rings (SSSR count). The third-order valence-corrected chi connectivity index (χ3v) is 2.97. The Morgan fingerprint density at radius 1 is 1.58 bits per heavy atom. The average molecular weight is 256 g/mol. The van der Waals surface area contributed by atoms with Gasteiger partial charge in [-0.25, -0.2) is 8.78 Å². The first-order valence-corrected chi connectivity index (χ1v) is 5.03. The van der Waals surface area contributed by atoms with Crippen LogP contribution < -0.4 is 5.73 Å². The van der Waals surface area contributed by atoms with E-state index in [-0.39, 0.29) is 6.42 Å². The van der Waals surface area contributed by atoms with Crippen LogP contribution in [0.5, 0.6) is 0 Å². The van der Waals surface area contributed by atoms with E-state index in [2.05, 4.69) is 15.9 Å². The Balaban J connectivity index is 2.52. The number of nitrogens with two attached hydrogens (primary N) is 1. The van der Waals surface area contributed by atoms with Crippen LogP contribution in [0.4, 0.5) is 8.78 Å². The van der Waals surface area contributed by atoms with Crippen molar-refractivity contribution >= 4 is 27.3 Å². The molecule has 0 aliphatic carbocycles. The zero-order valence-electron chi connectivity index (χ0n) is 6.14. The van der Waals surface area contributed by atoms with Crippen LogP contribution in [0.1, 0.15) is 5.56 Å². The van der Waals surface area contributed by atoms with E-state index in [1.165, 1.54) is 11.3 Å². The lowest BCUT2D eigenvalue weighted by molar-refractivity contribution is 0.116. The van der Waals surface area contributed by atoms with E-state index >= 15 is 0 Å². The zero-order valence-corrected chi connectivity index (χ0v) is 8.54. The molecule has 1 aromatic rings. The minimum Gasteiger partial charge on any atom is -0.323 e. The van der Waals surface area contributed by atoms with E-state index in [1.54, 1.807) is 0 Å². The monoisotopic (exact) mass is 255 g/mol. The van der Waals surface area contributed by atoms with Gasteiger partial charge in [-0.1, -0.05) is 0 Å². The Hall–Kier alpha value is -0.000000000000000111. The van der Waals surface area contributed by atoms with Crippen molar-refractivity contribution in [1.82, 2.24) is 0 Å². The van der Waals surface area contributed by atoms with Crippen molar-refractivity contribution in [3.8, 4) is 0 Å². The first-order chi connectivity index (χ1) is 5.59. The number of rotatable bonds is 3. The third kappa shape index (κ3) is 2.80. The topological polar surface area (TPSA) is 26.0 Å². The van der Waals surface area contributed by atoms with E-state index in [0.717, 1.165) is 9.35 Å². The first kappa shape index (κ1) is 10.1. The summed E-state index contributed by atoms with van der Waals surface area (Å²) in [5.41, 5.74) is 6.06. The van der Waals surface area contributed by atoms with Gasteiger partial charge in [0.1, 0.15) is 0 Å². The van der Waals surface area contributed by atoms with Gasteiger partial charge in [-0.3, -0.25) is 0 Å². The van der Waals surface area contributed by atoms with Crippen molar-refractivity contribution in [3.63, 3.8) is 0 Å². The molecule has 68 valence electrons. The van der Waals surface area contributed by atoms with E-state index in [1.807, 2.05) is 11.4 Å². The SMILES string of the molecule is NC(Cc1csc(Br)c1)C(F)F. The zero-order chi connectivity index (χ0) is 9.14. The molecule has 1 heterocycles. The molecule has 0 radical (unpaired) electrons. The largest absolute Gasteiger partial charge is 0.323 e. The molecule has 12 heavy (non-hydrogen) atoms. The van der Waals surface area contributed by atoms with E-state index in [4.69, 9.17) is 5.73 Å². The molecule has 0 saturated carbocycles. The molecule has 0 fully saturated rings. The fraction of sp³-hybridized carbons (Fsp3) is 0.429. The predicted octanol–water partition coefficient (Wildman–Crippen LogP) is 2.65. The highest BCUT2D eigenvalue weighted by atomic mass is 79.9. The minimum atomic E-state index is -2.44. The van der Waals surface area contributed by atoms with Crippen LogP contribution in [0, 0.1) is 0 Å². The summed E-state index contributed by atoms with van der Waals surface area (Å²) in [5, 5.41) is 1.83. The molecule has 0 amide bonds. The van der Waals surface area contributed by atoms with Gasteiger partial charge in [-0.2, -0.15) is 0 Å². The van der Waals surface area contributed by atoms with Gasteiger partial charge in [0.25, 0.3) is 6.43 Å². The molecule has 1 nitrogen and oxygen atoms in total. The molecule has 0 aliphatic rings. The fourth-order valence-corrected chi connectivity index (χ4v) is 2.04.